The molecule has 6 heteroatoms. The molecule has 2 N–H and O–H groups in total. The average Bonchev–Trinajstić information content (AvgIpc) is 2.48. The number of para-hydroxylation sites is 1. The molecule has 0 spiro atoms. The first-order valence-corrected chi connectivity index (χ1v) is 7.05. The van der Waals surface area contributed by atoms with Crippen LogP contribution in [0.2, 0.25) is 0 Å². The molecule has 0 unspecified atom stereocenters. The summed E-state index contributed by atoms with van der Waals surface area (Å²) in [6.07, 6.45) is 0.443. The molecule has 1 rings (SSSR count). The predicted molar refractivity (Wildman–Crippen MR) is 80.5 cm³/mol. The lowest BCUT2D eigenvalue weighted by Gasteiger charge is -2.23. The monoisotopic (exact) mass is 294 g/mol. The van der Waals surface area contributed by atoms with Crippen LogP contribution in [0.15, 0.2) is 30.3 Å². The molecule has 6 nitrogen and oxygen atoms in total. The Bertz CT molecular complexity index is 437. The number of benzene rings is 1. The lowest BCUT2D eigenvalue weighted by molar-refractivity contribution is -0.137. The highest BCUT2D eigenvalue weighted by molar-refractivity contribution is 5.91. The molecule has 0 aliphatic rings. The van der Waals surface area contributed by atoms with Crippen molar-refractivity contribution in [3.05, 3.63) is 30.3 Å². The number of carboxylic acid groups (broad SMARTS) is 1. The summed E-state index contributed by atoms with van der Waals surface area (Å²) < 4.78 is 5.17. The van der Waals surface area contributed by atoms with Crippen molar-refractivity contribution in [2.75, 3.05) is 31.2 Å². The van der Waals surface area contributed by atoms with Crippen LogP contribution in [0.3, 0.4) is 0 Å². The summed E-state index contributed by atoms with van der Waals surface area (Å²) in [7, 11) is 0. The van der Waals surface area contributed by atoms with Crippen LogP contribution < -0.4 is 10.2 Å². The molecule has 0 heterocycles. The number of carbonyl (C=O) groups is 2. The molecule has 2 amide bonds. The van der Waals surface area contributed by atoms with Gasteiger partial charge in [0.1, 0.15) is 0 Å². The van der Waals surface area contributed by atoms with Gasteiger partial charge in [0, 0.05) is 31.8 Å². The van der Waals surface area contributed by atoms with E-state index in [9.17, 15) is 9.59 Å². The van der Waals surface area contributed by atoms with Crippen LogP contribution in [0.5, 0.6) is 0 Å². The van der Waals surface area contributed by atoms with Gasteiger partial charge in [0.2, 0.25) is 0 Å². The van der Waals surface area contributed by atoms with Crippen molar-refractivity contribution in [3.63, 3.8) is 0 Å². The van der Waals surface area contributed by atoms with Gasteiger partial charge in [-0.05, 0) is 25.5 Å². The minimum atomic E-state index is -0.861. The van der Waals surface area contributed by atoms with Crippen LogP contribution in [0.1, 0.15) is 19.8 Å². The van der Waals surface area contributed by atoms with Gasteiger partial charge in [-0.15, -0.1) is 0 Å². The smallest absolute Gasteiger partial charge is 0.321 e. The fourth-order valence-electron chi connectivity index (χ4n) is 1.81. The topological polar surface area (TPSA) is 78.9 Å². The van der Waals surface area contributed by atoms with Gasteiger partial charge in [0.25, 0.3) is 0 Å². The van der Waals surface area contributed by atoms with E-state index in [1.807, 2.05) is 37.3 Å². The van der Waals surface area contributed by atoms with Crippen LogP contribution in [0.25, 0.3) is 0 Å². The second kappa shape index (κ2) is 9.77. The largest absolute Gasteiger partial charge is 0.481 e. The maximum absolute atomic E-state index is 12.2. The number of ether oxygens (including phenoxy) is 1. The summed E-state index contributed by atoms with van der Waals surface area (Å²) in [6, 6.07) is 8.95. The average molecular weight is 294 g/mol. The molecule has 1 aromatic rings. The van der Waals surface area contributed by atoms with Crippen LogP contribution in [0, 0.1) is 0 Å². The number of urea groups is 1. The third kappa shape index (κ3) is 6.76. The second-order valence-corrected chi connectivity index (χ2v) is 4.41. The quantitative estimate of drug-likeness (QED) is 0.684. The van der Waals surface area contributed by atoms with Gasteiger partial charge >= 0.3 is 12.0 Å². The molecule has 0 saturated carbocycles. The summed E-state index contributed by atoms with van der Waals surface area (Å²) in [6.45, 7) is 3.74. The number of nitrogens with zero attached hydrogens (tertiary/aromatic N) is 1. The van der Waals surface area contributed by atoms with E-state index in [0.29, 0.717) is 32.7 Å². The van der Waals surface area contributed by atoms with Crippen molar-refractivity contribution in [1.29, 1.82) is 0 Å². The van der Waals surface area contributed by atoms with Crippen LogP contribution >= 0.6 is 0 Å². The van der Waals surface area contributed by atoms with E-state index in [1.54, 1.807) is 4.90 Å². The number of nitrogens with one attached hydrogen (secondary N) is 1. The third-order valence-corrected chi connectivity index (χ3v) is 2.81. The van der Waals surface area contributed by atoms with E-state index in [-0.39, 0.29) is 12.5 Å². The highest BCUT2D eigenvalue weighted by atomic mass is 16.5. The Morgan fingerprint density at radius 2 is 2.00 bits per heavy atom. The fourth-order valence-corrected chi connectivity index (χ4v) is 1.81. The zero-order valence-corrected chi connectivity index (χ0v) is 12.2. The number of anilines is 1. The summed E-state index contributed by atoms with van der Waals surface area (Å²) >= 11 is 0. The molecule has 1 aromatic carbocycles. The zero-order chi connectivity index (χ0) is 15.5. The Balaban J connectivity index is 2.58. The van der Waals surface area contributed by atoms with Crippen LogP contribution in [0.4, 0.5) is 10.5 Å². The number of carbonyl (C=O) groups excluding carboxylic acids is 1. The fraction of sp³-hybridized carbons (Fsp3) is 0.467. The standard InChI is InChI=1S/C15H22N2O4/c1-2-21-12-10-16-15(20)17(11-6-9-14(18)19)13-7-4-3-5-8-13/h3-5,7-8H,2,6,9-12H2,1H3,(H,16,20)(H,18,19). The molecule has 0 fully saturated rings. The van der Waals surface area contributed by atoms with Gasteiger partial charge in [-0.25, -0.2) is 4.79 Å². The molecular formula is C15H22N2O4. The zero-order valence-electron chi connectivity index (χ0n) is 12.2. The maximum atomic E-state index is 12.2. The molecule has 116 valence electrons. The van der Waals surface area contributed by atoms with E-state index >= 15 is 0 Å². The minimum absolute atomic E-state index is 0.0373. The molecule has 0 saturated heterocycles. The Hall–Kier alpha value is -2.08. The number of rotatable bonds is 9. The minimum Gasteiger partial charge on any atom is -0.481 e. The van der Waals surface area contributed by atoms with Crippen molar-refractivity contribution >= 4 is 17.7 Å². The van der Waals surface area contributed by atoms with Crippen molar-refractivity contribution in [2.24, 2.45) is 0 Å². The number of carboxylic acids is 1. The van der Waals surface area contributed by atoms with Gasteiger partial charge < -0.3 is 15.2 Å². The molecule has 0 bridgehead atoms. The van der Waals surface area contributed by atoms with Crippen LogP contribution in [-0.4, -0.2) is 43.4 Å². The number of amides is 2. The van der Waals surface area contributed by atoms with Gasteiger partial charge in [-0.2, -0.15) is 0 Å². The van der Waals surface area contributed by atoms with Crippen molar-refractivity contribution < 1.29 is 19.4 Å². The number of hydrogen-bond donors (Lipinski definition) is 2. The normalized spacial score (nSPS) is 10.1. The lowest BCUT2D eigenvalue weighted by atomic mass is 10.2. The van der Waals surface area contributed by atoms with Gasteiger partial charge in [0.05, 0.1) is 6.61 Å². The molecule has 0 aliphatic carbocycles. The van der Waals surface area contributed by atoms with Crippen molar-refractivity contribution in [2.45, 2.75) is 19.8 Å². The summed E-state index contributed by atoms with van der Waals surface area (Å²) in [4.78, 5) is 24.3. The third-order valence-electron chi connectivity index (χ3n) is 2.81. The molecule has 0 aromatic heterocycles. The summed E-state index contributed by atoms with van der Waals surface area (Å²) in [5.74, 6) is -0.861. The summed E-state index contributed by atoms with van der Waals surface area (Å²) in [5, 5.41) is 11.5. The maximum Gasteiger partial charge on any atom is 0.321 e. The first kappa shape index (κ1) is 17.0. The highest BCUT2D eigenvalue weighted by Gasteiger charge is 2.15. The first-order chi connectivity index (χ1) is 10.1. The Labute approximate surface area is 124 Å². The van der Waals surface area contributed by atoms with Crippen molar-refractivity contribution in [1.82, 2.24) is 5.32 Å². The lowest BCUT2D eigenvalue weighted by Crippen LogP contribution is -2.42. The number of hydrogen-bond acceptors (Lipinski definition) is 3. The Kier molecular flexibility index (Phi) is 7.89. The molecule has 0 atom stereocenters. The van der Waals surface area contributed by atoms with Gasteiger partial charge in [0.15, 0.2) is 0 Å². The Morgan fingerprint density at radius 3 is 2.62 bits per heavy atom. The first-order valence-electron chi connectivity index (χ1n) is 7.05. The van der Waals surface area contributed by atoms with E-state index in [4.69, 9.17) is 9.84 Å². The molecule has 21 heavy (non-hydrogen) atoms. The van der Waals surface area contributed by atoms with E-state index in [2.05, 4.69) is 5.32 Å². The molecule has 0 aliphatic heterocycles. The molecule has 0 radical (unpaired) electrons. The SMILES string of the molecule is CCOCCNC(=O)N(CCCC(=O)O)c1ccccc1. The van der Waals surface area contributed by atoms with E-state index in [1.165, 1.54) is 0 Å². The van der Waals surface area contributed by atoms with E-state index in [0.717, 1.165) is 5.69 Å². The Morgan fingerprint density at radius 1 is 1.29 bits per heavy atom. The van der Waals surface area contributed by atoms with Crippen LogP contribution in [-0.2, 0) is 9.53 Å². The van der Waals surface area contributed by atoms with Crippen molar-refractivity contribution in [3.8, 4) is 0 Å². The van der Waals surface area contributed by atoms with Gasteiger partial charge in [-0.1, -0.05) is 18.2 Å². The predicted octanol–water partition coefficient (Wildman–Crippen LogP) is 2.10. The second-order valence-electron chi connectivity index (χ2n) is 4.41. The summed E-state index contributed by atoms with van der Waals surface area (Å²) in [5.41, 5.74) is 0.747. The highest BCUT2D eigenvalue weighted by Crippen LogP contribution is 2.14. The van der Waals surface area contributed by atoms with Gasteiger partial charge in [-0.3, -0.25) is 9.69 Å². The van der Waals surface area contributed by atoms with E-state index < -0.39 is 5.97 Å². The molecular weight excluding hydrogens is 272 g/mol. The number of aliphatic carboxylic acids is 1.